The van der Waals surface area contributed by atoms with E-state index in [9.17, 15) is 10.0 Å². The Balaban J connectivity index is 2.24. The highest BCUT2D eigenvalue weighted by molar-refractivity contribution is 5.71. The smallest absolute Gasteiger partial charge is 0.311 e. The number of hydrazine groups is 1. The third-order valence-electron chi connectivity index (χ3n) is 2.62. The largest absolute Gasteiger partial charge is 0.569 e. The standard InChI is InChI=1S/C10H19N3O5/c1-8(2)10(15)17-7-18-11-13(16)12-4-3-9(5-12)6-14/h8-9,14H,3-7H2,1-2H3. The van der Waals surface area contributed by atoms with Gasteiger partial charge < -0.3 is 19.9 Å². The first-order chi connectivity index (χ1) is 8.54. The summed E-state index contributed by atoms with van der Waals surface area (Å²) in [5.74, 6) is -0.569. The van der Waals surface area contributed by atoms with Crippen LogP contribution in [0, 0.1) is 17.0 Å². The minimum absolute atomic E-state index is 0.0528. The molecule has 0 aliphatic carbocycles. The van der Waals surface area contributed by atoms with Crippen molar-refractivity contribution >= 4 is 5.97 Å². The van der Waals surface area contributed by atoms with Gasteiger partial charge in [-0.3, -0.25) is 4.79 Å². The van der Waals surface area contributed by atoms with Crippen LogP contribution in [0.25, 0.3) is 0 Å². The van der Waals surface area contributed by atoms with E-state index in [4.69, 9.17) is 5.11 Å². The molecule has 0 aromatic heterocycles. The fourth-order valence-corrected chi connectivity index (χ4v) is 1.49. The molecule has 8 nitrogen and oxygen atoms in total. The number of carbonyl (C=O) groups is 1. The van der Waals surface area contributed by atoms with Crippen molar-refractivity contribution in [1.29, 1.82) is 0 Å². The van der Waals surface area contributed by atoms with Gasteiger partial charge in [0.25, 0.3) is 6.79 Å². The van der Waals surface area contributed by atoms with E-state index in [1.807, 2.05) is 0 Å². The van der Waals surface area contributed by atoms with Gasteiger partial charge in [-0.1, -0.05) is 13.8 Å². The Kier molecular flexibility index (Phi) is 5.63. The number of ether oxygens (including phenoxy) is 1. The summed E-state index contributed by atoms with van der Waals surface area (Å²) in [6.45, 7) is 4.02. The first kappa shape index (κ1) is 14.5. The number of hydrogen-bond acceptors (Lipinski definition) is 6. The molecular weight excluding hydrogens is 242 g/mol. The van der Waals surface area contributed by atoms with Crippen molar-refractivity contribution in [2.75, 3.05) is 26.5 Å². The van der Waals surface area contributed by atoms with Crippen LogP contribution in [0.3, 0.4) is 0 Å². The molecule has 1 aliphatic heterocycles. The van der Waals surface area contributed by atoms with E-state index < -0.39 is 5.97 Å². The molecule has 1 atom stereocenters. The van der Waals surface area contributed by atoms with Crippen molar-refractivity contribution in [3.8, 4) is 0 Å². The second-order valence-electron chi connectivity index (χ2n) is 4.45. The van der Waals surface area contributed by atoms with Crippen LogP contribution in [0.4, 0.5) is 0 Å². The Hall–Kier alpha value is -1.57. The van der Waals surface area contributed by atoms with E-state index in [2.05, 4.69) is 14.9 Å². The van der Waals surface area contributed by atoms with E-state index in [1.165, 1.54) is 5.01 Å². The minimum Gasteiger partial charge on any atom is -0.569 e. The highest BCUT2D eigenvalue weighted by Crippen LogP contribution is 2.15. The van der Waals surface area contributed by atoms with Crippen LogP contribution in [0.15, 0.2) is 5.28 Å². The molecule has 0 bridgehead atoms. The molecule has 104 valence electrons. The lowest BCUT2D eigenvalue weighted by Crippen LogP contribution is -2.29. The van der Waals surface area contributed by atoms with Gasteiger partial charge in [-0.15, -0.1) is 5.01 Å². The minimum atomic E-state index is -0.413. The molecule has 1 aliphatic rings. The summed E-state index contributed by atoms with van der Waals surface area (Å²) in [6, 6.07) is 0. The molecule has 1 rings (SSSR count). The van der Waals surface area contributed by atoms with Crippen LogP contribution in [0.2, 0.25) is 0 Å². The van der Waals surface area contributed by atoms with E-state index in [1.54, 1.807) is 13.8 Å². The Morgan fingerprint density at radius 3 is 2.94 bits per heavy atom. The molecule has 0 spiro atoms. The first-order valence-corrected chi connectivity index (χ1v) is 5.87. The Labute approximate surface area is 105 Å². The Bertz CT molecular complexity index is 308. The highest BCUT2D eigenvalue weighted by Gasteiger charge is 2.27. The molecule has 1 fully saturated rings. The zero-order valence-corrected chi connectivity index (χ0v) is 10.6. The second kappa shape index (κ2) is 7.00. The third kappa shape index (κ3) is 4.36. The third-order valence-corrected chi connectivity index (χ3v) is 2.62. The number of nitrogens with zero attached hydrogens (tertiary/aromatic N) is 3. The van der Waals surface area contributed by atoms with Crippen LogP contribution in [0.1, 0.15) is 20.3 Å². The quantitative estimate of drug-likeness (QED) is 0.184. The fraction of sp³-hybridized carbons (Fsp3) is 0.900. The molecule has 8 heteroatoms. The van der Waals surface area contributed by atoms with E-state index in [-0.39, 0.29) is 25.2 Å². The summed E-state index contributed by atoms with van der Waals surface area (Å²) in [5, 5.41) is 25.0. The van der Waals surface area contributed by atoms with Gasteiger partial charge in [-0.25, -0.2) is 0 Å². The molecule has 0 aromatic carbocycles. The predicted molar refractivity (Wildman–Crippen MR) is 59.7 cm³/mol. The van der Waals surface area contributed by atoms with Gasteiger partial charge >= 0.3 is 5.97 Å². The Morgan fingerprint density at radius 2 is 2.39 bits per heavy atom. The average Bonchev–Trinajstić information content (AvgIpc) is 2.82. The zero-order valence-electron chi connectivity index (χ0n) is 10.6. The molecular formula is C10H19N3O5. The van der Waals surface area contributed by atoms with Crippen molar-refractivity contribution in [3.63, 3.8) is 0 Å². The molecule has 1 saturated heterocycles. The van der Waals surface area contributed by atoms with Gasteiger partial charge in [-0.2, -0.15) is 0 Å². The van der Waals surface area contributed by atoms with Crippen molar-refractivity contribution in [1.82, 2.24) is 5.01 Å². The van der Waals surface area contributed by atoms with Gasteiger partial charge in [-0.05, 0) is 6.42 Å². The number of carbonyl (C=O) groups excluding carboxylic acids is 1. The van der Waals surface area contributed by atoms with Gasteiger partial charge in [0.05, 0.1) is 24.0 Å². The fourth-order valence-electron chi connectivity index (χ4n) is 1.49. The second-order valence-corrected chi connectivity index (χ2v) is 4.45. The number of hydrogen-bond donors (Lipinski definition) is 1. The van der Waals surface area contributed by atoms with Crippen LogP contribution < -0.4 is 0 Å². The van der Waals surface area contributed by atoms with Crippen molar-refractivity contribution in [2.45, 2.75) is 20.3 Å². The summed E-state index contributed by atoms with van der Waals surface area (Å²) in [6.07, 6.45) is 0.743. The van der Waals surface area contributed by atoms with Crippen LogP contribution in [-0.4, -0.2) is 47.5 Å². The molecule has 0 aromatic rings. The lowest BCUT2D eigenvalue weighted by atomic mass is 10.1. The van der Waals surface area contributed by atoms with Crippen LogP contribution in [-0.2, 0) is 14.4 Å². The van der Waals surface area contributed by atoms with Crippen LogP contribution in [0.5, 0.6) is 0 Å². The Morgan fingerprint density at radius 1 is 1.67 bits per heavy atom. The maximum Gasteiger partial charge on any atom is 0.311 e. The molecule has 0 radical (unpaired) electrons. The molecule has 18 heavy (non-hydrogen) atoms. The highest BCUT2D eigenvalue weighted by atomic mass is 16.8. The van der Waals surface area contributed by atoms with E-state index in [0.29, 0.717) is 18.1 Å². The first-order valence-electron chi connectivity index (χ1n) is 5.87. The van der Waals surface area contributed by atoms with Crippen molar-refractivity contribution in [2.24, 2.45) is 17.1 Å². The van der Waals surface area contributed by atoms with Gasteiger partial charge in [0.2, 0.25) is 5.28 Å². The lowest BCUT2D eigenvalue weighted by molar-refractivity contribution is -0.708. The zero-order chi connectivity index (χ0) is 13.5. The molecule has 0 saturated carbocycles. The summed E-state index contributed by atoms with van der Waals surface area (Å²) in [7, 11) is 0. The predicted octanol–water partition coefficient (Wildman–Crippen LogP) is 0.266. The molecule has 1 heterocycles. The van der Waals surface area contributed by atoms with E-state index in [0.717, 1.165) is 6.42 Å². The van der Waals surface area contributed by atoms with Gasteiger partial charge in [0.15, 0.2) is 0 Å². The van der Waals surface area contributed by atoms with Crippen molar-refractivity contribution in [3.05, 3.63) is 5.21 Å². The number of rotatable bonds is 6. The maximum atomic E-state index is 11.4. The SMILES string of the molecule is CC(C)C(=O)OCON=[N+]([O-])N1CCC(CO)C1. The maximum absolute atomic E-state index is 11.4. The topological polar surface area (TPSA) is 97.4 Å². The molecule has 1 N–H and O–H groups in total. The summed E-state index contributed by atoms with van der Waals surface area (Å²) >= 11 is 0. The van der Waals surface area contributed by atoms with Crippen molar-refractivity contribution < 1.29 is 24.4 Å². The van der Waals surface area contributed by atoms with Crippen LogP contribution >= 0.6 is 0 Å². The van der Waals surface area contributed by atoms with Gasteiger partial charge in [0, 0.05) is 12.5 Å². The number of aliphatic hydroxyl groups excluding tert-OH is 1. The number of aliphatic hydroxyl groups is 1. The molecule has 1 unspecified atom stereocenters. The average molecular weight is 261 g/mol. The monoisotopic (exact) mass is 261 g/mol. The number of esters is 1. The van der Waals surface area contributed by atoms with Gasteiger partial charge in [0.1, 0.15) is 0 Å². The normalized spacial score (nSPS) is 20.3. The van der Waals surface area contributed by atoms with E-state index >= 15 is 0 Å². The lowest BCUT2D eigenvalue weighted by Gasteiger charge is -2.11. The summed E-state index contributed by atoms with van der Waals surface area (Å²) in [4.78, 5) is 16.0. The summed E-state index contributed by atoms with van der Waals surface area (Å²) < 4.78 is 4.68. The summed E-state index contributed by atoms with van der Waals surface area (Å²) in [5.41, 5.74) is 0. The molecule has 0 amide bonds.